The molecule has 0 spiro atoms. The van der Waals surface area contributed by atoms with E-state index in [1.807, 2.05) is 65.2 Å². The van der Waals surface area contributed by atoms with E-state index in [1.165, 1.54) is 0 Å². The highest BCUT2D eigenvalue weighted by atomic mass is 35.5. The maximum absolute atomic E-state index is 13.2. The number of halogens is 1. The van der Waals surface area contributed by atoms with E-state index in [1.54, 1.807) is 12.5 Å². The summed E-state index contributed by atoms with van der Waals surface area (Å²) in [7, 11) is 0. The molecule has 0 saturated carbocycles. The van der Waals surface area contributed by atoms with Crippen LogP contribution in [0.25, 0.3) is 54.8 Å². The fourth-order valence-electron chi connectivity index (χ4n) is 4.72. The van der Waals surface area contributed by atoms with E-state index in [0.29, 0.717) is 22.9 Å². The van der Waals surface area contributed by atoms with Crippen molar-refractivity contribution in [3.63, 3.8) is 0 Å². The standard InChI is InChI=1S/C26H14ClN3O3/c27-24-16(12-15-4-1-2-6-18(15)29-24)13-30-19-8-7-14-9-11-32-23(14)21(19)20-17-5-3-10-28-25(17)33-26(31)22(20)30/h1-12H,13H2. The van der Waals surface area contributed by atoms with E-state index in [9.17, 15) is 4.79 Å². The molecule has 0 unspecified atom stereocenters. The van der Waals surface area contributed by atoms with Gasteiger partial charge in [-0.1, -0.05) is 29.8 Å². The first-order valence-corrected chi connectivity index (χ1v) is 10.8. The van der Waals surface area contributed by atoms with Crippen LogP contribution in [0.15, 0.2) is 86.8 Å². The van der Waals surface area contributed by atoms with Gasteiger partial charge >= 0.3 is 5.63 Å². The van der Waals surface area contributed by atoms with Crippen LogP contribution in [0.2, 0.25) is 5.15 Å². The zero-order valence-electron chi connectivity index (χ0n) is 17.1. The highest BCUT2D eigenvalue weighted by Gasteiger charge is 2.22. The zero-order valence-corrected chi connectivity index (χ0v) is 17.8. The van der Waals surface area contributed by atoms with Crippen molar-refractivity contribution in [3.8, 4) is 0 Å². The van der Waals surface area contributed by atoms with Gasteiger partial charge in [-0.05, 0) is 42.5 Å². The van der Waals surface area contributed by atoms with Gasteiger partial charge in [-0.2, -0.15) is 0 Å². The monoisotopic (exact) mass is 451 g/mol. The summed E-state index contributed by atoms with van der Waals surface area (Å²) in [6, 6.07) is 19.4. The smallest absolute Gasteiger partial charge is 0.362 e. The number of furan rings is 1. The lowest BCUT2D eigenvalue weighted by molar-refractivity contribution is 0.553. The Kier molecular flexibility index (Phi) is 3.72. The summed E-state index contributed by atoms with van der Waals surface area (Å²) in [5.41, 5.74) is 3.47. The van der Waals surface area contributed by atoms with Crippen molar-refractivity contribution in [3.05, 3.63) is 94.3 Å². The van der Waals surface area contributed by atoms with E-state index in [-0.39, 0.29) is 0 Å². The van der Waals surface area contributed by atoms with Gasteiger partial charge in [-0.25, -0.2) is 14.8 Å². The highest BCUT2D eigenvalue weighted by Crippen LogP contribution is 2.38. The molecule has 158 valence electrons. The van der Waals surface area contributed by atoms with Gasteiger partial charge in [0.15, 0.2) is 0 Å². The van der Waals surface area contributed by atoms with E-state index >= 15 is 0 Å². The second-order valence-corrected chi connectivity index (χ2v) is 8.34. The minimum Gasteiger partial charge on any atom is -0.464 e. The molecule has 0 aliphatic heterocycles. The van der Waals surface area contributed by atoms with E-state index in [0.717, 1.165) is 49.1 Å². The first-order chi connectivity index (χ1) is 16.2. The lowest BCUT2D eigenvalue weighted by atomic mass is 10.1. The van der Waals surface area contributed by atoms with Crippen LogP contribution in [0.4, 0.5) is 0 Å². The van der Waals surface area contributed by atoms with Crippen LogP contribution in [0.3, 0.4) is 0 Å². The van der Waals surface area contributed by atoms with Crippen molar-refractivity contribution in [2.45, 2.75) is 6.54 Å². The minimum absolute atomic E-state index is 0.294. The van der Waals surface area contributed by atoms with Crippen LogP contribution < -0.4 is 5.63 Å². The average Bonchev–Trinajstić information content (AvgIpc) is 3.43. The van der Waals surface area contributed by atoms with Crippen LogP contribution in [-0.2, 0) is 6.54 Å². The fourth-order valence-corrected chi connectivity index (χ4v) is 4.92. The Balaban J connectivity index is 1.63. The lowest BCUT2D eigenvalue weighted by Gasteiger charge is -2.10. The van der Waals surface area contributed by atoms with Gasteiger partial charge in [0.2, 0.25) is 5.71 Å². The topological polar surface area (TPSA) is 74.1 Å². The molecule has 0 amide bonds. The molecule has 5 heterocycles. The number of rotatable bonds is 2. The summed E-state index contributed by atoms with van der Waals surface area (Å²) in [5.74, 6) is 0. The van der Waals surface area contributed by atoms with Crippen molar-refractivity contribution in [1.82, 2.24) is 14.5 Å². The second-order valence-electron chi connectivity index (χ2n) is 7.99. The lowest BCUT2D eigenvalue weighted by Crippen LogP contribution is -2.09. The first kappa shape index (κ1) is 18.4. The van der Waals surface area contributed by atoms with Gasteiger partial charge in [0.05, 0.1) is 29.2 Å². The van der Waals surface area contributed by atoms with Crippen LogP contribution in [0.1, 0.15) is 5.56 Å². The molecular weight excluding hydrogens is 438 g/mol. The van der Waals surface area contributed by atoms with Crippen molar-refractivity contribution in [1.29, 1.82) is 0 Å². The molecule has 0 N–H and O–H groups in total. The maximum atomic E-state index is 13.2. The van der Waals surface area contributed by atoms with Gasteiger partial charge in [0.25, 0.3) is 0 Å². The fraction of sp³-hybridized carbons (Fsp3) is 0.0385. The normalized spacial score (nSPS) is 12.0. The van der Waals surface area contributed by atoms with Gasteiger partial charge in [0, 0.05) is 33.3 Å². The van der Waals surface area contributed by atoms with Crippen LogP contribution in [-0.4, -0.2) is 14.5 Å². The summed E-state index contributed by atoms with van der Waals surface area (Å²) in [6.45, 7) is 0.347. The second kappa shape index (κ2) is 6.67. The minimum atomic E-state index is -0.461. The molecule has 7 aromatic rings. The Morgan fingerprint density at radius 1 is 0.970 bits per heavy atom. The molecule has 0 atom stereocenters. The number of hydrogen-bond acceptors (Lipinski definition) is 5. The van der Waals surface area contributed by atoms with Gasteiger partial charge < -0.3 is 13.4 Å². The maximum Gasteiger partial charge on any atom is 0.362 e. The first-order valence-electron chi connectivity index (χ1n) is 10.4. The summed E-state index contributed by atoms with van der Waals surface area (Å²) in [6.07, 6.45) is 3.27. The molecule has 0 saturated heterocycles. The molecule has 6 nitrogen and oxygen atoms in total. The third-order valence-electron chi connectivity index (χ3n) is 6.15. The number of fused-ring (bicyclic) bond motifs is 8. The molecule has 33 heavy (non-hydrogen) atoms. The highest BCUT2D eigenvalue weighted by molar-refractivity contribution is 6.30. The molecule has 2 aromatic carbocycles. The van der Waals surface area contributed by atoms with Crippen molar-refractivity contribution in [2.75, 3.05) is 0 Å². The Morgan fingerprint density at radius 3 is 2.82 bits per heavy atom. The quantitative estimate of drug-likeness (QED) is 0.289. The SMILES string of the molecule is O=c1oc2ncccc2c2c3c4occc4ccc3n(Cc3cc4ccccc4nc3Cl)c12. The predicted octanol–water partition coefficient (Wildman–Crippen LogP) is 6.29. The number of aromatic nitrogens is 3. The molecule has 5 aromatic heterocycles. The summed E-state index contributed by atoms with van der Waals surface area (Å²) < 4.78 is 13.4. The van der Waals surface area contributed by atoms with Gasteiger partial charge in [-0.3, -0.25) is 0 Å². The molecule has 0 radical (unpaired) electrons. The summed E-state index contributed by atoms with van der Waals surface area (Å²) in [5, 5.41) is 4.69. The van der Waals surface area contributed by atoms with Gasteiger partial charge in [0.1, 0.15) is 16.3 Å². The van der Waals surface area contributed by atoms with E-state index in [2.05, 4.69) is 9.97 Å². The summed E-state index contributed by atoms with van der Waals surface area (Å²) in [4.78, 5) is 22.1. The Morgan fingerprint density at radius 2 is 1.88 bits per heavy atom. The number of benzene rings is 2. The Hall–Kier alpha value is -4.16. The number of para-hydroxylation sites is 1. The molecule has 0 fully saturated rings. The number of hydrogen-bond donors (Lipinski definition) is 0. The third kappa shape index (κ3) is 2.58. The third-order valence-corrected chi connectivity index (χ3v) is 6.48. The molecular formula is C26H14ClN3O3. The van der Waals surface area contributed by atoms with E-state index < -0.39 is 5.63 Å². The van der Waals surface area contributed by atoms with Crippen LogP contribution in [0.5, 0.6) is 0 Å². The molecule has 0 aliphatic rings. The largest absolute Gasteiger partial charge is 0.464 e. The Labute approximate surface area is 190 Å². The average molecular weight is 452 g/mol. The zero-order chi connectivity index (χ0) is 22.1. The van der Waals surface area contributed by atoms with Crippen molar-refractivity contribution < 1.29 is 8.83 Å². The van der Waals surface area contributed by atoms with Crippen LogP contribution >= 0.6 is 11.6 Å². The molecule has 7 rings (SSSR count). The molecule has 0 bridgehead atoms. The summed E-state index contributed by atoms with van der Waals surface area (Å²) >= 11 is 6.58. The number of pyridine rings is 2. The molecule has 7 heteroatoms. The molecule has 0 aliphatic carbocycles. The van der Waals surface area contributed by atoms with Crippen molar-refractivity contribution >= 4 is 66.4 Å². The Bertz CT molecular complexity index is 1950. The van der Waals surface area contributed by atoms with E-state index in [4.69, 9.17) is 20.4 Å². The van der Waals surface area contributed by atoms with Gasteiger partial charge in [-0.15, -0.1) is 0 Å². The number of nitrogens with zero attached hydrogens (tertiary/aromatic N) is 3. The predicted molar refractivity (Wildman–Crippen MR) is 129 cm³/mol. The van der Waals surface area contributed by atoms with Crippen molar-refractivity contribution in [2.24, 2.45) is 0 Å². The van der Waals surface area contributed by atoms with Crippen LogP contribution in [0, 0.1) is 0 Å².